The van der Waals surface area contributed by atoms with Gasteiger partial charge in [0.05, 0.1) is 12.0 Å². The minimum Gasteiger partial charge on any atom is -0.507 e. The Bertz CT molecular complexity index is 1290. The monoisotopic (exact) mass is 522 g/mol. The number of nitrogens with one attached hydrogen (secondary N) is 1. The van der Waals surface area contributed by atoms with Crippen LogP contribution in [0.2, 0.25) is 0 Å². The van der Waals surface area contributed by atoms with Crippen molar-refractivity contribution in [1.82, 2.24) is 25.2 Å². The number of halogens is 1. The van der Waals surface area contributed by atoms with Crippen molar-refractivity contribution in [3.05, 3.63) is 82.6 Å². The van der Waals surface area contributed by atoms with Crippen LogP contribution in [-0.2, 0) is 4.79 Å². The molecule has 10 heteroatoms. The Morgan fingerprint density at radius 2 is 1.91 bits per heavy atom. The minimum absolute atomic E-state index is 0.0698. The summed E-state index contributed by atoms with van der Waals surface area (Å²) in [5.74, 6) is 0.504. The van der Waals surface area contributed by atoms with E-state index >= 15 is 0 Å². The van der Waals surface area contributed by atoms with Gasteiger partial charge in [0.2, 0.25) is 0 Å². The number of hydrogen-bond acceptors (Lipinski definition) is 7. The van der Waals surface area contributed by atoms with Crippen LogP contribution in [0.25, 0.3) is 17.1 Å². The summed E-state index contributed by atoms with van der Waals surface area (Å²) >= 11 is 4.59. The quantitative estimate of drug-likeness (QED) is 0.212. The van der Waals surface area contributed by atoms with E-state index in [4.69, 9.17) is 0 Å². The van der Waals surface area contributed by atoms with Gasteiger partial charge in [0.15, 0.2) is 11.0 Å². The van der Waals surface area contributed by atoms with Crippen molar-refractivity contribution in [3.63, 3.8) is 0 Å². The zero-order valence-corrected chi connectivity index (χ0v) is 19.9. The fourth-order valence-corrected chi connectivity index (χ4v) is 4.07. The van der Waals surface area contributed by atoms with Crippen LogP contribution in [0.4, 0.5) is 0 Å². The van der Waals surface area contributed by atoms with Crippen molar-refractivity contribution in [1.29, 1.82) is 0 Å². The minimum atomic E-state index is -0.311. The number of amides is 1. The molecule has 4 aromatic rings. The van der Waals surface area contributed by atoms with E-state index < -0.39 is 0 Å². The normalized spacial score (nSPS) is 11.1. The van der Waals surface area contributed by atoms with Crippen LogP contribution in [0, 0.1) is 6.92 Å². The molecular weight excluding hydrogens is 504 g/mol. The number of carbonyl (C=O) groups excluding carboxylic acids is 1. The first kappa shape index (κ1) is 22.7. The SMILES string of the molecule is Cc1ccc(-n2c(SCC(=O)N/N=C/c3cc(Br)ccc3O)nnc2-c2ccncc2)cc1. The van der Waals surface area contributed by atoms with Crippen LogP contribution in [0.1, 0.15) is 11.1 Å². The van der Waals surface area contributed by atoms with Crippen molar-refractivity contribution < 1.29 is 9.90 Å². The van der Waals surface area contributed by atoms with Gasteiger partial charge in [0, 0.05) is 33.7 Å². The third kappa shape index (κ3) is 5.65. The summed E-state index contributed by atoms with van der Waals surface area (Å²) in [6.45, 7) is 2.02. The molecular formula is C23H19BrN6O2S. The number of carbonyl (C=O) groups is 1. The van der Waals surface area contributed by atoms with Gasteiger partial charge in [-0.05, 0) is 49.4 Å². The summed E-state index contributed by atoms with van der Waals surface area (Å²) in [5.41, 5.74) is 5.86. The molecule has 0 atom stereocenters. The molecule has 8 nitrogen and oxygen atoms in total. The lowest BCUT2D eigenvalue weighted by Gasteiger charge is -2.10. The van der Waals surface area contributed by atoms with Crippen molar-refractivity contribution in [2.24, 2.45) is 5.10 Å². The summed E-state index contributed by atoms with van der Waals surface area (Å²) < 4.78 is 2.71. The first-order valence-corrected chi connectivity index (χ1v) is 11.6. The number of hydrogen-bond donors (Lipinski definition) is 2. The van der Waals surface area contributed by atoms with E-state index in [0.29, 0.717) is 16.5 Å². The fourth-order valence-electron chi connectivity index (χ4n) is 2.94. The van der Waals surface area contributed by atoms with Gasteiger partial charge in [-0.1, -0.05) is 45.4 Å². The highest BCUT2D eigenvalue weighted by molar-refractivity contribution is 9.10. The maximum atomic E-state index is 12.3. The highest BCUT2D eigenvalue weighted by Gasteiger charge is 2.17. The van der Waals surface area contributed by atoms with E-state index in [1.807, 2.05) is 47.9 Å². The van der Waals surface area contributed by atoms with Gasteiger partial charge in [0.1, 0.15) is 5.75 Å². The molecule has 0 spiro atoms. The predicted octanol–water partition coefficient (Wildman–Crippen LogP) is 4.35. The van der Waals surface area contributed by atoms with Crippen molar-refractivity contribution >= 4 is 39.8 Å². The van der Waals surface area contributed by atoms with E-state index in [2.05, 4.69) is 41.6 Å². The number of nitrogens with zero attached hydrogens (tertiary/aromatic N) is 5. The fraction of sp³-hybridized carbons (Fsp3) is 0.0870. The van der Waals surface area contributed by atoms with Crippen LogP contribution in [0.3, 0.4) is 0 Å². The molecule has 33 heavy (non-hydrogen) atoms. The van der Waals surface area contributed by atoms with Crippen molar-refractivity contribution in [2.75, 3.05) is 5.75 Å². The van der Waals surface area contributed by atoms with Gasteiger partial charge in [-0.25, -0.2) is 5.43 Å². The van der Waals surface area contributed by atoms with E-state index in [1.54, 1.807) is 30.6 Å². The lowest BCUT2D eigenvalue weighted by atomic mass is 10.2. The van der Waals surface area contributed by atoms with Gasteiger partial charge < -0.3 is 5.11 Å². The second-order valence-corrected chi connectivity index (χ2v) is 8.86. The third-order valence-corrected chi connectivity index (χ3v) is 6.00. The zero-order chi connectivity index (χ0) is 23.2. The Morgan fingerprint density at radius 3 is 2.67 bits per heavy atom. The highest BCUT2D eigenvalue weighted by atomic mass is 79.9. The maximum Gasteiger partial charge on any atom is 0.250 e. The molecule has 0 saturated carbocycles. The summed E-state index contributed by atoms with van der Waals surface area (Å²) in [4.78, 5) is 16.4. The molecule has 0 saturated heterocycles. The number of aryl methyl sites for hydroxylation is 1. The molecule has 0 radical (unpaired) electrons. The van der Waals surface area contributed by atoms with Crippen LogP contribution >= 0.6 is 27.7 Å². The van der Waals surface area contributed by atoms with Gasteiger partial charge in [0.25, 0.3) is 5.91 Å². The maximum absolute atomic E-state index is 12.3. The number of rotatable bonds is 7. The number of phenolic OH excluding ortho intramolecular Hbond substituents is 1. The lowest BCUT2D eigenvalue weighted by Crippen LogP contribution is -2.20. The van der Waals surface area contributed by atoms with Crippen molar-refractivity contribution in [2.45, 2.75) is 12.1 Å². The van der Waals surface area contributed by atoms with Crippen LogP contribution in [0.15, 0.2) is 81.7 Å². The Morgan fingerprint density at radius 1 is 1.15 bits per heavy atom. The summed E-state index contributed by atoms with van der Waals surface area (Å²) in [6.07, 6.45) is 4.79. The average molecular weight is 523 g/mol. The molecule has 0 aliphatic rings. The van der Waals surface area contributed by atoms with Gasteiger partial charge in [-0.2, -0.15) is 5.10 Å². The molecule has 0 unspecified atom stereocenters. The zero-order valence-electron chi connectivity index (χ0n) is 17.5. The smallest absolute Gasteiger partial charge is 0.250 e. The topological polar surface area (TPSA) is 105 Å². The third-order valence-electron chi connectivity index (χ3n) is 4.58. The molecule has 4 rings (SSSR count). The molecule has 2 aromatic carbocycles. The molecule has 0 bridgehead atoms. The second-order valence-electron chi connectivity index (χ2n) is 7.00. The van der Waals surface area contributed by atoms with Crippen LogP contribution in [0.5, 0.6) is 5.75 Å². The first-order valence-electron chi connectivity index (χ1n) is 9.87. The Labute approximate surface area is 202 Å². The molecule has 2 aromatic heterocycles. The molecule has 0 aliphatic heterocycles. The summed E-state index contributed by atoms with van der Waals surface area (Å²) in [5, 5.41) is 23.0. The van der Waals surface area contributed by atoms with Gasteiger partial charge in [-0.3, -0.25) is 14.3 Å². The molecule has 166 valence electrons. The number of aromatic hydroxyl groups is 1. The molecule has 2 N–H and O–H groups in total. The molecule has 1 amide bonds. The van der Waals surface area contributed by atoms with E-state index in [1.165, 1.54) is 18.0 Å². The van der Waals surface area contributed by atoms with E-state index in [9.17, 15) is 9.90 Å². The van der Waals surface area contributed by atoms with Crippen LogP contribution in [-0.4, -0.2) is 42.7 Å². The van der Waals surface area contributed by atoms with E-state index in [0.717, 1.165) is 21.3 Å². The predicted molar refractivity (Wildman–Crippen MR) is 132 cm³/mol. The Balaban J connectivity index is 1.50. The Kier molecular flexibility index (Phi) is 7.16. The molecule has 0 aliphatic carbocycles. The second kappa shape index (κ2) is 10.4. The summed E-state index contributed by atoms with van der Waals surface area (Å²) in [7, 11) is 0. The average Bonchev–Trinajstić information content (AvgIpc) is 3.25. The molecule has 0 fully saturated rings. The number of thioether (sulfide) groups is 1. The molecule has 2 heterocycles. The Hall–Kier alpha value is -3.50. The number of pyridine rings is 1. The lowest BCUT2D eigenvalue weighted by molar-refractivity contribution is -0.118. The van der Waals surface area contributed by atoms with Crippen molar-refractivity contribution in [3.8, 4) is 22.8 Å². The van der Waals surface area contributed by atoms with Gasteiger partial charge in [-0.15, -0.1) is 10.2 Å². The van der Waals surface area contributed by atoms with E-state index in [-0.39, 0.29) is 17.4 Å². The number of hydrazone groups is 1. The number of phenols is 1. The first-order chi connectivity index (χ1) is 16.0. The summed E-state index contributed by atoms with van der Waals surface area (Å²) in [6, 6.07) is 16.7. The highest BCUT2D eigenvalue weighted by Crippen LogP contribution is 2.28. The van der Waals surface area contributed by atoms with Crippen LogP contribution < -0.4 is 5.43 Å². The largest absolute Gasteiger partial charge is 0.507 e. The number of aromatic nitrogens is 4. The number of benzene rings is 2. The standard InChI is InChI=1S/C23H19BrN6O2S/c1-15-2-5-19(6-3-15)30-22(16-8-10-25-11-9-16)28-29-23(30)33-14-21(32)27-26-13-17-12-18(24)4-7-20(17)31/h2-13,31H,14H2,1H3,(H,27,32)/b26-13+. The van der Waals surface area contributed by atoms with Gasteiger partial charge >= 0.3 is 0 Å².